The Balaban J connectivity index is 1.65. The van der Waals surface area contributed by atoms with Crippen molar-refractivity contribution in [2.75, 3.05) is 13.2 Å². The lowest BCUT2D eigenvalue weighted by Crippen LogP contribution is -2.56. The van der Waals surface area contributed by atoms with E-state index in [9.17, 15) is 26.8 Å². The number of urea groups is 1. The normalized spacial score (nSPS) is 29.0. The fraction of sp³-hybridized carbons (Fsp3) is 0.833. The van der Waals surface area contributed by atoms with E-state index in [-0.39, 0.29) is 17.7 Å². The minimum Gasteiger partial charge on any atom is -0.325 e. The van der Waals surface area contributed by atoms with E-state index >= 15 is 0 Å². The average Bonchev–Trinajstić information content (AvgIpc) is 3.31. The lowest BCUT2D eigenvalue weighted by atomic mass is 9.96. The number of piperidine rings is 1. The number of nitrogens with one attached hydrogen (secondary N) is 1. The van der Waals surface area contributed by atoms with Crippen LogP contribution in [0.25, 0.3) is 0 Å². The molecular weight excluding hydrogens is 382 g/mol. The molecule has 2 heterocycles. The van der Waals surface area contributed by atoms with Gasteiger partial charge in [-0.2, -0.15) is 13.5 Å². The van der Waals surface area contributed by atoms with Gasteiger partial charge in [0, 0.05) is 12.5 Å². The van der Waals surface area contributed by atoms with E-state index in [1.807, 2.05) is 5.48 Å². The van der Waals surface area contributed by atoms with Crippen LogP contribution in [0.5, 0.6) is 0 Å². The zero-order valence-electron chi connectivity index (χ0n) is 13.4. The van der Waals surface area contributed by atoms with E-state index in [0.29, 0.717) is 5.92 Å². The highest BCUT2D eigenvalue weighted by molar-refractivity contribution is 7.80. The van der Waals surface area contributed by atoms with Crippen LogP contribution in [-0.4, -0.2) is 72.1 Å². The number of amides is 3. The number of halogens is 2. The van der Waals surface area contributed by atoms with Gasteiger partial charge >= 0.3 is 16.4 Å². The van der Waals surface area contributed by atoms with Crippen molar-refractivity contribution in [3.63, 3.8) is 0 Å². The molecule has 1 aliphatic carbocycles. The molecule has 2 saturated heterocycles. The second-order valence-corrected chi connectivity index (χ2v) is 7.54. The van der Waals surface area contributed by atoms with Crippen molar-refractivity contribution >= 4 is 22.3 Å². The molecule has 4 N–H and O–H groups in total. The van der Waals surface area contributed by atoms with Crippen molar-refractivity contribution in [1.82, 2.24) is 15.4 Å². The van der Waals surface area contributed by atoms with Gasteiger partial charge in [-0.05, 0) is 18.8 Å². The topological polar surface area (TPSA) is 151 Å². The maximum atomic E-state index is 14.3. The Bertz CT molecular complexity index is 702. The first-order valence-corrected chi connectivity index (χ1v) is 9.18. The Morgan fingerprint density at radius 1 is 1.46 bits per heavy atom. The first kappa shape index (κ1) is 19.2. The SMILES string of the molecule is NC(CONC(=O)[C@@H]1CC(F)(F)[C@@H]2CN1C(=O)N2OS(=O)(=O)O)C1CC1. The molecule has 3 aliphatic rings. The highest BCUT2D eigenvalue weighted by atomic mass is 32.3. The largest absolute Gasteiger partial charge is 0.418 e. The Hall–Kier alpha value is -1.61. The Morgan fingerprint density at radius 2 is 2.12 bits per heavy atom. The third-order valence-electron chi connectivity index (χ3n) is 4.57. The van der Waals surface area contributed by atoms with Gasteiger partial charge in [-0.1, -0.05) is 0 Å². The quantitative estimate of drug-likeness (QED) is 0.364. The fourth-order valence-electron chi connectivity index (χ4n) is 3.03. The van der Waals surface area contributed by atoms with E-state index in [2.05, 4.69) is 4.28 Å². The van der Waals surface area contributed by atoms with Gasteiger partial charge in [0.1, 0.15) is 12.1 Å². The molecule has 0 aromatic heterocycles. The van der Waals surface area contributed by atoms with E-state index in [1.165, 1.54) is 0 Å². The Kier molecular flexibility index (Phi) is 4.81. The third-order valence-corrected chi connectivity index (χ3v) is 4.92. The van der Waals surface area contributed by atoms with Crippen LogP contribution in [0.15, 0.2) is 0 Å². The van der Waals surface area contributed by atoms with Crippen molar-refractivity contribution in [3.05, 3.63) is 0 Å². The van der Waals surface area contributed by atoms with Crippen LogP contribution in [0.2, 0.25) is 0 Å². The molecule has 0 radical (unpaired) electrons. The molecule has 3 atom stereocenters. The van der Waals surface area contributed by atoms with Crippen LogP contribution < -0.4 is 11.2 Å². The van der Waals surface area contributed by atoms with E-state index in [0.717, 1.165) is 17.7 Å². The number of carbonyl (C=O) groups excluding carboxylic acids is 2. The zero-order valence-corrected chi connectivity index (χ0v) is 14.2. The second-order valence-electron chi connectivity index (χ2n) is 6.54. The molecule has 1 unspecified atom stereocenters. The van der Waals surface area contributed by atoms with Crippen LogP contribution >= 0.6 is 0 Å². The predicted octanol–water partition coefficient (Wildman–Crippen LogP) is -0.980. The number of alkyl halides is 2. The van der Waals surface area contributed by atoms with Gasteiger partial charge in [0.15, 0.2) is 0 Å². The first-order valence-electron chi connectivity index (χ1n) is 7.81. The summed E-state index contributed by atoms with van der Waals surface area (Å²) in [6.45, 7) is -0.658. The number of rotatable bonds is 7. The summed E-state index contributed by atoms with van der Waals surface area (Å²) < 4.78 is 62.7. The summed E-state index contributed by atoms with van der Waals surface area (Å²) in [5, 5.41) is -0.132. The summed E-state index contributed by atoms with van der Waals surface area (Å²) in [6.07, 6.45) is 0.861. The number of nitrogens with zero attached hydrogens (tertiary/aromatic N) is 2. The van der Waals surface area contributed by atoms with Crippen molar-refractivity contribution in [2.45, 2.75) is 43.3 Å². The molecule has 2 bridgehead atoms. The molecule has 1 saturated carbocycles. The summed E-state index contributed by atoms with van der Waals surface area (Å²) in [7, 11) is -5.19. The number of carbonyl (C=O) groups is 2. The molecule has 3 amide bonds. The highest BCUT2D eigenvalue weighted by Crippen LogP contribution is 2.41. The van der Waals surface area contributed by atoms with Crippen LogP contribution in [0, 0.1) is 5.92 Å². The second kappa shape index (κ2) is 6.53. The summed E-state index contributed by atoms with van der Waals surface area (Å²) in [5.41, 5.74) is 7.78. The van der Waals surface area contributed by atoms with Gasteiger partial charge in [0.25, 0.3) is 11.8 Å². The zero-order chi connectivity index (χ0) is 19.3. The first-order chi connectivity index (χ1) is 12.0. The maximum Gasteiger partial charge on any atom is 0.418 e. The summed E-state index contributed by atoms with van der Waals surface area (Å²) in [4.78, 5) is 29.9. The molecule has 3 rings (SSSR count). The smallest absolute Gasteiger partial charge is 0.325 e. The van der Waals surface area contributed by atoms with E-state index in [1.54, 1.807) is 0 Å². The minimum absolute atomic E-state index is 0.00587. The Morgan fingerprint density at radius 3 is 2.69 bits per heavy atom. The number of hydrogen-bond donors (Lipinski definition) is 3. The van der Waals surface area contributed by atoms with Crippen molar-refractivity contribution in [3.8, 4) is 0 Å². The standard InChI is InChI=1S/C12H18F2N4O7S/c13-12(14)3-8(10(19)16-24-5-7(15)6-1-2-6)17-4-9(12)18(11(17)20)25-26(21,22)23/h6-9H,1-5,15H2,(H,16,19)(H,21,22,23)/t7?,8-,9-/m0/s1. The fourth-order valence-corrected chi connectivity index (χ4v) is 3.40. The molecule has 148 valence electrons. The van der Waals surface area contributed by atoms with Crippen LogP contribution in [0.1, 0.15) is 19.3 Å². The summed E-state index contributed by atoms with van der Waals surface area (Å²) in [6, 6.07) is -5.12. The van der Waals surface area contributed by atoms with Crippen molar-refractivity contribution in [2.24, 2.45) is 11.7 Å². The molecular formula is C12H18F2N4O7S. The molecule has 3 fully saturated rings. The molecule has 2 aliphatic heterocycles. The number of nitrogens with two attached hydrogens (primary N) is 1. The number of fused-ring (bicyclic) bond motifs is 2. The van der Waals surface area contributed by atoms with Crippen LogP contribution in [0.3, 0.4) is 0 Å². The van der Waals surface area contributed by atoms with E-state index in [4.69, 9.17) is 15.1 Å². The monoisotopic (exact) mass is 400 g/mol. The van der Waals surface area contributed by atoms with Gasteiger partial charge in [-0.3, -0.25) is 14.2 Å². The van der Waals surface area contributed by atoms with E-state index < -0.39 is 53.3 Å². The maximum absolute atomic E-state index is 14.3. The van der Waals surface area contributed by atoms with Crippen molar-refractivity contribution in [1.29, 1.82) is 0 Å². The molecule has 0 aromatic rings. The molecule has 14 heteroatoms. The van der Waals surface area contributed by atoms with Crippen LogP contribution in [0.4, 0.5) is 13.6 Å². The Labute approximate surface area is 147 Å². The van der Waals surface area contributed by atoms with Crippen molar-refractivity contribution < 1.29 is 40.5 Å². The van der Waals surface area contributed by atoms with Gasteiger partial charge < -0.3 is 10.6 Å². The molecule has 0 spiro atoms. The van der Waals surface area contributed by atoms with Gasteiger partial charge in [0.2, 0.25) is 0 Å². The summed E-state index contributed by atoms with van der Waals surface area (Å²) in [5.74, 6) is -4.31. The highest BCUT2D eigenvalue weighted by Gasteiger charge is 2.62. The molecule has 0 aromatic carbocycles. The third kappa shape index (κ3) is 3.88. The van der Waals surface area contributed by atoms with Gasteiger partial charge in [0.05, 0.1) is 13.2 Å². The number of hydrogen-bond acceptors (Lipinski definition) is 7. The number of hydroxylamine groups is 3. The van der Waals surface area contributed by atoms with Gasteiger partial charge in [-0.15, -0.1) is 4.28 Å². The lowest BCUT2D eigenvalue weighted by molar-refractivity contribution is -0.159. The predicted molar refractivity (Wildman–Crippen MR) is 78.5 cm³/mol. The molecule has 26 heavy (non-hydrogen) atoms. The summed E-state index contributed by atoms with van der Waals surface area (Å²) >= 11 is 0. The van der Waals surface area contributed by atoms with Crippen LogP contribution in [-0.2, 0) is 24.3 Å². The molecule has 11 nitrogen and oxygen atoms in total. The average molecular weight is 400 g/mol. The minimum atomic E-state index is -5.19. The lowest BCUT2D eigenvalue weighted by Gasteiger charge is -2.34. The van der Waals surface area contributed by atoms with Gasteiger partial charge in [-0.25, -0.2) is 19.1 Å².